The first-order valence-corrected chi connectivity index (χ1v) is 6.27. The first-order chi connectivity index (χ1) is 8.38. The van der Waals surface area contributed by atoms with Crippen LogP contribution in [0.2, 0.25) is 0 Å². The van der Waals surface area contributed by atoms with Crippen molar-refractivity contribution in [3.8, 4) is 0 Å². The SMILES string of the molecule is COCCNc1ccc(C[C@@H]2CCNC2)cn1. The van der Waals surface area contributed by atoms with Gasteiger partial charge in [-0.25, -0.2) is 4.98 Å². The Labute approximate surface area is 103 Å². The van der Waals surface area contributed by atoms with Crippen LogP contribution in [0, 0.1) is 5.92 Å². The second-order valence-corrected chi connectivity index (χ2v) is 4.53. The summed E-state index contributed by atoms with van der Waals surface area (Å²) in [6.07, 6.45) is 4.40. The minimum Gasteiger partial charge on any atom is -0.383 e. The second-order valence-electron chi connectivity index (χ2n) is 4.53. The summed E-state index contributed by atoms with van der Waals surface area (Å²) in [4.78, 5) is 4.41. The fraction of sp³-hybridized carbons (Fsp3) is 0.615. The Kier molecular flexibility index (Phi) is 4.76. The van der Waals surface area contributed by atoms with Gasteiger partial charge in [-0.2, -0.15) is 0 Å². The summed E-state index contributed by atoms with van der Waals surface area (Å²) in [5, 5.41) is 6.61. The van der Waals surface area contributed by atoms with Crippen LogP contribution < -0.4 is 10.6 Å². The number of hydrogen-bond donors (Lipinski definition) is 2. The van der Waals surface area contributed by atoms with Crippen molar-refractivity contribution in [3.05, 3.63) is 23.9 Å². The summed E-state index contributed by atoms with van der Waals surface area (Å²) in [6, 6.07) is 4.22. The van der Waals surface area contributed by atoms with Gasteiger partial charge in [0, 0.05) is 19.9 Å². The predicted molar refractivity (Wildman–Crippen MR) is 69.3 cm³/mol. The number of ether oxygens (including phenoxy) is 1. The van der Waals surface area contributed by atoms with Crippen molar-refractivity contribution < 1.29 is 4.74 Å². The first kappa shape index (κ1) is 12.3. The van der Waals surface area contributed by atoms with Gasteiger partial charge in [-0.05, 0) is 43.5 Å². The molecule has 4 nitrogen and oxygen atoms in total. The van der Waals surface area contributed by atoms with Crippen molar-refractivity contribution >= 4 is 5.82 Å². The molecular weight excluding hydrogens is 214 g/mol. The molecule has 2 rings (SSSR count). The van der Waals surface area contributed by atoms with Crippen LogP contribution in [-0.2, 0) is 11.2 Å². The van der Waals surface area contributed by atoms with E-state index in [9.17, 15) is 0 Å². The van der Waals surface area contributed by atoms with Crippen LogP contribution in [0.1, 0.15) is 12.0 Å². The van der Waals surface area contributed by atoms with Crippen molar-refractivity contribution in [1.29, 1.82) is 0 Å². The Morgan fingerprint density at radius 3 is 3.12 bits per heavy atom. The maximum absolute atomic E-state index is 4.98. The molecule has 17 heavy (non-hydrogen) atoms. The molecule has 0 aromatic carbocycles. The zero-order chi connectivity index (χ0) is 11.9. The molecule has 1 fully saturated rings. The van der Waals surface area contributed by atoms with E-state index in [-0.39, 0.29) is 0 Å². The molecule has 1 saturated heterocycles. The van der Waals surface area contributed by atoms with Gasteiger partial charge in [0.25, 0.3) is 0 Å². The lowest BCUT2D eigenvalue weighted by atomic mass is 10.00. The number of pyridine rings is 1. The van der Waals surface area contributed by atoms with Crippen molar-refractivity contribution in [2.24, 2.45) is 5.92 Å². The van der Waals surface area contributed by atoms with Crippen LogP contribution in [0.15, 0.2) is 18.3 Å². The molecule has 1 aromatic rings. The fourth-order valence-corrected chi connectivity index (χ4v) is 2.15. The van der Waals surface area contributed by atoms with E-state index < -0.39 is 0 Å². The first-order valence-electron chi connectivity index (χ1n) is 6.27. The number of hydrogen-bond acceptors (Lipinski definition) is 4. The van der Waals surface area contributed by atoms with E-state index in [2.05, 4.69) is 21.7 Å². The van der Waals surface area contributed by atoms with Gasteiger partial charge in [0.05, 0.1) is 6.61 Å². The van der Waals surface area contributed by atoms with E-state index in [1.54, 1.807) is 7.11 Å². The zero-order valence-corrected chi connectivity index (χ0v) is 10.4. The lowest BCUT2D eigenvalue weighted by Crippen LogP contribution is -2.11. The molecule has 1 aliphatic heterocycles. The molecule has 4 heteroatoms. The van der Waals surface area contributed by atoms with E-state index >= 15 is 0 Å². The number of nitrogens with zero attached hydrogens (tertiary/aromatic N) is 1. The van der Waals surface area contributed by atoms with Crippen molar-refractivity contribution in [3.63, 3.8) is 0 Å². The number of methoxy groups -OCH3 is 1. The Balaban J connectivity index is 1.80. The highest BCUT2D eigenvalue weighted by Gasteiger charge is 2.14. The molecule has 1 atom stereocenters. The van der Waals surface area contributed by atoms with Gasteiger partial charge in [-0.15, -0.1) is 0 Å². The standard InChI is InChI=1S/C13H21N3O/c1-17-7-6-15-13-3-2-11(10-16-13)8-12-4-5-14-9-12/h2-3,10,12,14H,4-9H2,1H3,(H,15,16)/t12-/m0/s1. The molecule has 0 aliphatic carbocycles. The average molecular weight is 235 g/mol. The molecule has 0 radical (unpaired) electrons. The molecule has 2 N–H and O–H groups in total. The number of anilines is 1. The van der Waals surface area contributed by atoms with E-state index in [1.807, 2.05) is 12.3 Å². The third kappa shape index (κ3) is 3.98. The molecule has 0 amide bonds. The van der Waals surface area contributed by atoms with Gasteiger partial charge in [-0.3, -0.25) is 0 Å². The maximum atomic E-state index is 4.98. The Hall–Kier alpha value is -1.13. The molecule has 0 spiro atoms. The Morgan fingerprint density at radius 1 is 1.53 bits per heavy atom. The van der Waals surface area contributed by atoms with E-state index in [1.165, 1.54) is 12.0 Å². The van der Waals surface area contributed by atoms with Gasteiger partial charge < -0.3 is 15.4 Å². The van der Waals surface area contributed by atoms with E-state index in [4.69, 9.17) is 4.74 Å². The van der Waals surface area contributed by atoms with Crippen LogP contribution in [0.3, 0.4) is 0 Å². The summed E-state index contributed by atoms with van der Waals surface area (Å²) in [6.45, 7) is 3.81. The summed E-state index contributed by atoms with van der Waals surface area (Å²) >= 11 is 0. The summed E-state index contributed by atoms with van der Waals surface area (Å²) in [5.74, 6) is 1.71. The van der Waals surface area contributed by atoms with Crippen LogP contribution in [0.25, 0.3) is 0 Å². The van der Waals surface area contributed by atoms with Gasteiger partial charge in [0.15, 0.2) is 0 Å². The van der Waals surface area contributed by atoms with Crippen molar-refractivity contribution in [1.82, 2.24) is 10.3 Å². The molecular formula is C13H21N3O. The number of rotatable bonds is 6. The Bertz CT molecular complexity index is 320. The second kappa shape index (κ2) is 6.57. The molecule has 2 heterocycles. The largest absolute Gasteiger partial charge is 0.383 e. The lowest BCUT2D eigenvalue weighted by molar-refractivity contribution is 0.210. The van der Waals surface area contributed by atoms with E-state index in [0.29, 0.717) is 6.61 Å². The predicted octanol–water partition coefficient (Wildman–Crippen LogP) is 1.29. The van der Waals surface area contributed by atoms with Crippen LogP contribution >= 0.6 is 0 Å². The average Bonchev–Trinajstić information content (AvgIpc) is 2.85. The summed E-state index contributed by atoms with van der Waals surface area (Å²) < 4.78 is 4.98. The van der Waals surface area contributed by atoms with E-state index in [0.717, 1.165) is 37.8 Å². The van der Waals surface area contributed by atoms with Crippen LogP contribution in [0.4, 0.5) is 5.82 Å². The molecule has 1 aromatic heterocycles. The van der Waals surface area contributed by atoms with Crippen molar-refractivity contribution in [2.75, 3.05) is 38.7 Å². The normalized spacial score (nSPS) is 19.5. The third-order valence-electron chi connectivity index (χ3n) is 3.12. The summed E-state index contributed by atoms with van der Waals surface area (Å²) in [5.41, 5.74) is 1.33. The molecule has 1 aliphatic rings. The Morgan fingerprint density at radius 2 is 2.47 bits per heavy atom. The molecule has 94 valence electrons. The topological polar surface area (TPSA) is 46.2 Å². The minimum absolute atomic E-state index is 0.706. The highest BCUT2D eigenvalue weighted by molar-refractivity contribution is 5.35. The lowest BCUT2D eigenvalue weighted by Gasteiger charge is -2.09. The minimum atomic E-state index is 0.706. The maximum Gasteiger partial charge on any atom is 0.125 e. The van der Waals surface area contributed by atoms with Gasteiger partial charge in [-0.1, -0.05) is 6.07 Å². The van der Waals surface area contributed by atoms with Crippen LogP contribution in [-0.4, -0.2) is 38.3 Å². The zero-order valence-electron chi connectivity index (χ0n) is 10.4. The summed E-state index contributed by atoms with van der Waals surface area (Å²) in [7, 11) is 1.70. The quantitative estimate of drug-likeness (QED) is 0.729. The highest BCUT2D eigenvalue weighted by Crippen LogP contribution is 2.15. The molecule has 0 unspecified atom stereocenters. The number of aromatic nitrogens is 1. The number of nitrogens with one attached hydrogen (secondary N) is 2. The molecule has 0 saturated carbocycles. The smallest absolute Gasteiger partial charge is 0.125 e. The molecule has 0 bridgehead atoms. The third-order valence-corrected chi connectivity index (χ3v) is 3.12. The van der Waals surface area contributed by atoms with Gasteiger partial charge in [0.2, 0.25) is 0 Å². The fourth-order valence-electron chi connectivity index (χ4n) is 2.15. The monoisotopic (exact) mass is 235 g/mol. The van der Waals surface area contributed by atoms with Gasteiger partial charge in [0.1, 0.15) is 5.82 Å². The van der Waals surface area contributed by atoms with Crippen molar-refractivity contribution in [2.45, 2.75) is 12.8 Å². The van der Waals surface area contributed by atoms with Gasteiger partial charge >= 0.3 is 0 Å². The van der Waals surface area contributed by atoms with Crippen LogP contribution in [0.5, 0.6) is 0 Å². The highest BCUT2D eigenvalue weighted by atomic mass is 16.5.